The van der Waals surface area contributed by atoms with Crippen LogP contribution in [0.5, 0.6) is 0 Å². The van der Waals surface area contributed by atoms with Crippen molar-refractivity contribution in [2.45, 2.75) is 51.5 Å². The molecule has 3 aliphatic rings. The predicted octanol–water partition coefficient (Wildman–Crippen LogP) is 2.15. The summed E-state index contributed by atoms with van der Waals surface area (Å²) in [6.45, 7) is 6.14. The summed E-state index contributed by atoms with van der Waals surface area (Å²) in [5, 5.41) is 7.29. The molecule has 1 saturated heterocycles. The number of hydrogen-bond donors (Lipinski definition) is 2. The molecule has 0 aromatic heterocycles. The van der Waals surface area contributed by atoms with E-state index in [9.17, 15) is 0 Å². The Hall–Kier alpha value is -0.0800. The van der Waals surface area contributed by atoms with E-state index in [0.717, 1.165) is 23.3 Å². The first-order chi connectivity index (χ1) is 7.84. The molecule has 2 aliphatic carbocycles. The van der Waals surface area contributed by atoms with E-state index in [1.165, 1.54) is 58.2 Å². The molecular formula is C14H26N2. The Bertz CT molecular complexity index is 245. The molecule has 3 unspecified atom stereocenters. The molecule has 2 saturated carbocycles. The van der Waals surface area contributed by atoms with Gasteiger partial charge >= 0.3 is 0 Å². The Morgan fingerprint density at radius 1 is 1.31 bits per heavy atom. The monoisotopic (exact) mass is 222 g/mol. The fraction of sp³-hybridized carbons (Fsp3) is 1.00. The molecule has 2 nitrogen and oxygen atoms in total. The van der Waals surface area contributed by atoms with Crippen molar-refractivity contribution < 1.29 is 0 Å². The van der Waals surface area contributed by atoms with Gasteiger partial charge in [0.15, 0.2) is 0 Å². The summed E-state index contributed by atoms with van der Waals surface area (Å²) < 4.78 is 0. The maximum atomic E-state index is 3.80. The van der Waals surface area contributed by atoms with Gasteiger partial charge in [0.25, 0.3) is 0 Å². The fourth-order valence-corrected chi connectivity index (χ4v) is 3.74. The Morgan fingerprint density at radius 2 is 2.12 bits per heavy atom. The molecule has 16 heavy (non-hydrogen) atoms. The number of piperidine rings is 1. The summed E-state index contributed by atoms with van der Waals surface area (Å²) in [5.41, 5.74) is 0.771. The highest BCUT2D eigenvalue weighted by molar-refractivity contribution is 5.06. The van der Waals surface area contributed by atoms with Crippen LogP contribution in [-0.4, -0.2) is 25.7 Å². The molecule has 2 heteroatoms. The topological polar surface area (TPSA) is 24.1 Å². The normalized spacial score (nSPS) is 39.9. The van der Waals surface area contributed by atoms with Gasteiger partial charge in [0, 0.05) is 6.04 Å². The van der Waals surface area contributed by atoms with Gasteiger partial charge in [-0.3, -0.25) is 0 Å². The standard InChI is InChI=1S/C14H26N2/c1-2-3-11-8-13(11)16-10-12-9-14(12)4-6-15-7-5-14/h11-13,15-16H,2-10H2,1H3. The molecule has 1 heterocycles. The van der Waals surface area contributed by atoms with Gasteiger partial charge < -0.3 is 10.6 Å². The van der Waals surface area contributed by atoms with Gasteiger partial charge in [-0.1, -0.05) is 13.3 Å². The highest BCUT2D eigenvalue weighted by Gasteiger charge is 2.53. The molecule has 1 spiro atoms. The molecular weight excluding hydrogens is 196 g/mol. The average molecular weight is 222 g/mol. The Kier molecular flexibility index (Phi) is 2.97. The fourth-order valence-electron chi connectivity index (χ4n) is 3.74. The zero-order chi connectivity index (χ0) is 11.0. The van der Waals surface area contributed by atoms with E-state index in [2.05, 4.69) is 17.6 Å². The molecule has 0 bridgehead atoms. The van der Waals surface area contributed by atoms with Crippen LogP contribution in [-0.2, 0) is 0 Å². The van der Waals surface area contributed by atoms with Gasteiger partial charge in [-0.15, -0.1) is 0 Å². The van der Waals surface area contributed by atoms with Gasteiger partial charge in [-0.05, 0) is 69.0 Å². The summed E-state index contributed by atoms with van der Waals surface area (Å²) >= 11 is 0. The van der Waals surface area contributed by atoms with Gasteiger partial charge in [0.1, 0.15) is 0 Å². The van der Waals surface area contributed by atoms with Crippen LogP contribution >= 0.6 is 0 Å². The highest BCUT2D eigenvalue weighted by atomic mass is 15.0. The SMILES string of the molecule is CCCC1CC1NCC1CC12CCNCC2. The van der Waals surface area contributed by atoms with Gasteiger partial charge in [0.05, 0.1) is 0 Å². The van der Waals surface area contributed by atoms with E-state index in [0.29, 0.717) is 0 Å². The molecule has 3 rings (SSSR count). The van der Waals surface area contributed by atoms with Gasteiger partial charge in [0.2, 0.25) is 0 Å². The third-order valence-corrected chi connectivity index (χ3v) is 5.17. The van der Waals surface area contributed by atoms with Crippen LogP contribution < -0.4 is 10.6 Å². The van der Waals surface area contributed by atoms with Crippen LogP contribution in [0.4, 0.5) is 0 Å². The third-order valence-electron chi connectivity index (χ3n) is 5.17. The lowest BCUT2D eigenvalue weighted by Crippen LogP contribution is -2.31. The Labute approximate surface area is 99.6 Å². The lowest BCUT2D eigenvalue weighted by Gasteiger charge is -2.23. The predicted molar refractivity (Wildman–Crippen MR) is 67.4 cm³/mol. The second kappa shape index (κ2) is 4.30. The summed E-state index contributed by atoms with van der Waals surface area (Å²) in [6.07, 6.45) is 8.63. The van der Waals surface area contributed by atoms with Crippen molar-refractivity contribution in [3.05, 3.63) is 0 Å². The van der Waals surface area contributed by atoms with E-state index < -0.39 is 0 Å². The first kappa shape index (κ1) is 11.0. The van der Waals surface area contributed by atoms with Crippen molar-refractivity contribution >= 4 is 0 Å². The van der Waals surface area contributed by atoms with Crippen molar-refractivity contribution in [3.8, 4) is 0 Å². The first-order valence-corrected chi connectivity index (χ1v) is 7.28. The van der Waals surface area contributed by atoms with Crippen molar-refractivity contribution in [1.29, 1.82) is 0 Å². The van der Waals surface area contributed by atoms with E-state index >= 15 is 0 Å². The van der Waals surface area contributed by atoms with Crippen LogP contribution in [0.15, 0.2) is 0 Å². The second-order valence-electron chi connectivity index (χ2n) is 6.31. The molecule has 92 valence electrons. The van der Waals surface area contributed by atoms with E-state index in [1.807, 2.05) is 0 Å². The van der Waals surface area contributed by atoms with Crippen LogP contribution in [0.1, 0.15) is 45.4 Å². The molecule has 0 radical (unpaired) electrons. The number of nitrogens with one attached hydrogen (secondary N) is 2. The summed E-state index contributed by atoms with van der Waals surface area (Å²) in [7, 11) is 0. The van der Waals surface area contributed by atoms with Crippen LogP contribution in [0.25, 0.3) is 0 Å². The third kappa shape index (κ3) is 2.14. The maximum absolute atomic E-state index is 3.80. The average Bonchev–Trinajstić information content (AvgIpc) is 3.17. The summed E-state index contributed by atoms with van der Waals surface area (Å²) in [4.78, 5) is 0. The zero-order valence-electron chi connectivity index (χ0n) is 10.6. The minimum atomic E-state index is 0.771. The lowest BCUT2D eigenvalue weighted by atomic mass is 9.92. The Morgan fingerprint density at radius 3 is 2.88 bits per heavy atom. The van der Waals surface area contributed by atoms with Crippen LogP contribution in [0, 0.1) is 17.3 Å². The molecule has 0 amide bonds. The van der Waals surface area contributed by atoms with E-state index in [-0.39, 0.29) is 0 Å². The second-order valence-corrected chi connectivity index (χ2v) is 6.31. The molecule has 0 aromatic carbocycles. The van der Waals surface area contributed by atoms with Gasteiger partial charge in [-0.2, -0.15) is 0 Å². The van der Waals surface area contributed by atoms with E-state index in [1.54, 1.807) is 0 Å². The van der Waals surface area contributed by atoms with Crippen molar-refractivity contribution in [2.24, 2.45) is 17.3 Å². The lowest BCUT2D eigenvalue weighted by molar-refractivity contribution is 0.318. The van der Waals surface area contributed by atoms with Gasteiger partial charge in [-0.25, -0.2) is 0 Å². The zero-order valence-corrected chi connectivity index (χ0v) is 10.6. The van der Waals surface area contributed by atoms with E-state index in [4.69, 9.17) is 0 Å². The largest absolute Gasteiger partial charge is 0.317 e. The minimum absolute atomic E-state index is 0.771. The molecule has 3 atom stereocenters. The van der Waals surface area contributed by atoms with Crippen LogP contribution in [0.3, 0.4) is 0 Å². The van der Waals surface area contributed by atoms with Crippen molar-refractivity contribution in [1.82, 2.24) is 10.6 Å². The highest BCUT2D eigenvalue weighted by Crippen LogP contribution is 2.58. The molecule has 1 aliphatic heterocycles. The number of rotatable bonds is 5. The van der Waals surface area contributed by atoms with Crippen LogP contribution in [0.2, 0.25) is 0 Å². The first-order valence-electron chi connectivity index (χ1n) is 7.28. The quantitative estimate of drug-likeness (QED) is 0.745. The smallest absolute Gasteiger partial charge is 0.00992 e. The summed E-state index contributed by atoms with van der Waals surface area (Å²) in [5.74, 6) is 2.03. The molecule has 0 aromatic rings. The summed E-state index contributed by atoms with van der Waals surface area (Å²) in [6, 6.07) is 0.888. The minimum Gasteiger partial charge on any atom is -0.317 e. The van der Waals surface area contributed by atoms with Crippen molar-refractivity contribution in [3.63, 3.8) is 0 Å². The maximum Gasteiger partial charge on any atom is 0.00992 e. The molecule has 2 N–H and O–H groups in total. The van der Waals surface area contributed by atoms with Crippen molar-refractivity contribution in [2.75, 3.05) is 19.6 Å². The number of hydrogen-bond acceptors (Lipinski definition) is 2. The Balaban J connectivity index is 1.36. The molecule has 3 fully saturated rings.